The summed E-state index contributed by atoms with van der Waals surface area (Å²) in [7, 11) is 0. The summed E-state index contributed by atoms with van der Waals surface area (Å²) in [5.41, 5.74) is 11.6. The molecule has 27 heavy (non-hydrogen) atoms. The molecule has 3 unspecified atom stereocenters. The van der Waals surface area contributed by atoms with E-state index in [-0.39, 0.29) is 19.3 Å². The number of likely N-dealkylation sites (tertiary alicyclic amines) is 1. The molecule has 0 saturated carbocycles. The largest absolute Gasteiger partial charge is 0.481 e. The molecule has 1 aromatic heterocycles. The third kappa shape index (κ3) is 5.51. The molecule has 11 nitrogen and oxygen atoms in total. The van der Waals surface area contributed by atoms with Crippen molar-refractivity contribution in [2.45, 2.75) is 50.2 Å². The number of hydrogen-bond acceptors (Lipinski definition) is 6. The molecule has 3 atom stereocenters. The van der Waals surface area contributed by atoms with Gasteiger partial charge in [-0.25, -0.2) is 4.98 Å². The van der Waals surface area contributed by atoms with Crippen molar-refractivity contribution >= 4 is 23.7 Å². The van der Waals surface area contributed by atoms with Gasteiger partial charge >= 0.3 is 5.97 Å². The van der Waals surface area contributed by atoms with Gasteiger partial charge in [0.2, 0.25) is 17.7 Å². The van der Waals surface area contributed by atoms with E-state index in [9.17, 15) is 19.2 Å². The predicted octanol–water partition coefficient (Wildman–Crippen LogP) is -1.89. The maximum atomic E-state index is 12.9. The number of hydrogen-bond donors (Lipinski definition) is 5. The van der Waals surface area contributed by atoms with Crippen LogP contribution in [0.25, 0.3) is 0 Å². The van der Waals surface area contributed by atoms with Crippen LogP contribution in [0.2, 0.25) is 0 Å². The van der Waals surface area contributed by atoms with Gasteiger partial charge in [-0.1, -0.05) is 0 Å². The topological polar surface area (TPSA) is 184 Å². The van der Waals surface area contributed by atoms with E-state index in [1.807, 2.05) is 0 Å². The van der Waals surface area contributed by atoms with E-state index in [0.29, 0.717) is 25.1 Å². The van der Waals surface area contributed by atoms with Crippen LogP contribution in [0.3, 0.4) is 0 Å². The number of aliphatic carboxylic acids is 1. The first-order valence-corrected chi connectivity index (χ1v) is 8.64. The summed E-state index contributed by atoms with van der Waals surface area (Å²) >= 11 is 0. The minimum absolute atomic E-state index is 0.0574. The van der Waals surface area contributed by atoms with Crippen LogP contribution in [0.15, 0.2) is 12.5 Å². The third-order valence-electron chi connectivity index (χ3n) is 4.45. The lowest BCUT2D eigenvalue weighted by molar-refractivity contribution is -0.141. The molecule has 11 heteroatoms. The number of rotatable bonds is 9. The number of carboxylic acids is 1. The zero-order valence-electron chi connectivity index (χ0n) is 14.8. The lowest BCUT2D eigenvalue weighted by Crippen LogP contribution is -2.56. The first-order chi connectivity index (χ1) is 12.8. The zero-order chi connectivity index (χ0) is 20.0. The van der Waals surface area contributed by atoms with Crippen molar-refractivity contribution < 1.29 is 24.3 Å². The van der Waals surface area contributed by atoms with Crippen LogP contribution in [0.1, 0.15) is 31.4 Å². The second kappa shape index (κ2) is 9.12. The van der Waals surface area contributed by atoms with Crippen molar-refractivity contribution in [3.63, 3.8) is 0 Å². The number of nitrogens with zero attached hydrogens (tertiary/aromatic N) is 2. The van der Waals surface area contributed by atoms with Gasteiger partial charge in [0.15, 0.2) is 0 Å². The standard InChI is InChI=1S/C16H24N6O5/c17-10(3-4-13(23)24)15(26)21-11(6-9-7-19-8-20-9)16(27)22-5-1-2-12(22)14(18)25/h7-8,10-12H,1-6,17H2,(H2,18,25)(H,19,20)(H,21,26)(H,23,24). The Labute approximate surface area is 155 Å². The molecule has 7 N–H and O–H groups in total. The number of nitrogens with one attached hydrogen (secondary N) is 2. The Balaban J connectivity index is 2.11. The molecule has 148 valence electrons. The molecule has 0 spiro atoms. The number of carbonyl (C=O) groups is 4. The maximum Gasteiger partial charge on any atom is 0.303 e. The van der Waals surface area contributed by atoms with Gasteiger partial charge in [-0.3, -0.25) is 19.2 Å². The minimum atomic E-state index is -1.07. The summed E-state index contributed by atoms with van der Waals surface area (Å²) in [5.74, 6) is -2.74. The summed E-state index contributed by atoms with van der Waals surface area (Å²) in [4.78, 5) is 55.7. The normalized spacial score (nSPS) is 18.7. The van der Waals surface area contributed by atoms with Crippen LogP contribution >= 0.6 is 0 Å². The first kappa shape index (κ1) is 20.4. The van der Waals surface area contributed by atoms with Gasteiger partial charge in [0.05, 0.1) is 18.1 Å². The lowest BCUT2D eigenvalue weighted by atomic mass is 10.1. The molecule has 0 radical (unpaired) electrons. The molecule has 3 amide bonds. The minimum Gasteiger partial charge on any atom is -0.481 e. The number of aromatic amines is 1. The van der Waals surface area contributed by atoms with Crippen molar-refractivity contribution in [2.75, 3.05) is 6.54 Å². The third-order valence-corrected chi connectivity index (χ3v) is 4.45. The smallest absolute Gasteiger partial charge is 0.303 e. The maximum absolute atomic E-state index is 12.9. The van der Waals surface area contributed by atoms with Gasteiger partial charge in [-0.05, 0) is 19.3 Å². The van der Waals surface area contributed by atoms with Crippen LogP contribution in [0.5, 0.6) is 0 Å². The quantitative estimate of drug-likeness (QED) is 0.331. The van der Waals surface area contributed by atoms with Crippen LogP contribution in [0, 0.1) is 0 Å². The van der Waals surface area contributed by atoms with Crippen molar-refractivity contribution in [3.05, 3.63) is 18.2 Å². The molecular weight excluding hydrogens is 356 g/mol. The highest BCUT2D eigenvalue weighted by atomic mass is 16.4. The average molecular weight is 380 g/mol. The number of amides is 3. The Morgan fingerprint density at radius 3 is 2.74 bits per heavy atom. The fourth-order valence-corrected chi connectivity index (χ4v) is 3.03. The van der Waals surface area contributed by atoms with Crippen molar-refractivity contribution in [3.8, 4) is 0 Å². The fourth-order valence-electron chi connectivity index (χ4n) is 3.03. The van der Waals surface area contributed by atoms with Crippen LogP contribution in [-0.2, 0) is 25.6 Å². The van der Waals surface area contributed by atoms with E-state index in [1.165, 1.54) is 11.2 Å². The summed E-state index contributed by atoms with van der Waals surface area (Å²) in [5, 5.41) is 11.3. The Morgan fingerprint density at radius 2 is 2.15 bits per heavy atom. The average Bonchev–Trinajstić information content (AvgIpc) is 3.29. The Kier molecular flexibility index (Phi) is 6.88. The van der Waals surface area contributed by atoms with Crippen molar-refractivity contribution in [2.24, 2.45) is 11.5 Å². The number of imidazole rings is 1. The van der Waals surface area contributed by atoms with Crippen molar-refractivity contribution in [1.82, 2.24) is 20.2 Å². The van der Waals surface area contributed by atoms with Gasteiger partial charge in [0.25, 0.3) is 0 Å². The van der Waals surface area contributed by atoms with E-state index in [1.54, 1.807) is 6.20 Å². The van der Waals surface area contributed by atoms with E-state index in [0.717, 1.165) is 0 Å². The van der Waals surface area contributed by atoms with E-state index in [2.05, 4.69) is 15.3 Å². The molecule has 1 fully saturated rings. The number of primary amides is 1. The molecule has 1 aromatic rings. The molecular formula is C16H24N6O5. The van der Waals surface area contributed by atoms with Gasteiger partial charge in [0.1, 0.15) is 12.1 Å². The summed E-state index contributed by atoms with van der Waals surface area (Å²) in [6, 6.07) is -2.77. The molecule has 1 aliphatic rings. The highest BCUT2D eigenvalue weighted by molar-refractivity contribution is 5.93. The summed E-state index contributed by atoms with van der Waals surface area (Å²) in [6.07, 6.45) is 3.93. The van der Waals surface area contributed by atoms with Gasteiger partial charge in [-0.15, -0.1) is 0 Å². The second-order valence-corrected chi connectivity index (χ2v) is 6.46. The van der Waals surface area contributed by atoms with Crippen LogP contribution in [-0.4, -0.2) is 68.3 Å². The number of carbonyl (C=O) groups excluding carboxylic acids is 3. The van der Waals surface area contributed by atoms with E-state index < -0.39 is 41.8 Å². The Morgan fingerprint density at radius 1 is 1.41 bits per heavy atom. The number of aromatic nitrogens is 2. The predicted molar refractivity (Wildman–Crippen MR) is 93.0 cm³/mol. The monoisotopic (exact) mass is 380 g/mol. The summed E-state index contributed by atoms with van der Waals surface area (Å²) in [6.45, 7) is 0.366. The van der Waals surface area contributed by atoms with E-state index in [4.69, 9.17) is 16.6 Å². The highest BCUT2D eigenvalue weighted by Crippen LogP contribution is 2.19. The fraction of sp³-hybridized carbons (Fsp3) is 0.562. The number of carboxylic acid groups (broad SMARTS) is 1. The van der Waals surface area contributed by atoms with Gasteiger partial charge in [-0.2, -0.15) is 0 Å². The molecule has 2 rings (SSSR count). The van der Waals surface area contributed by atoms with Crippen molar-refractivity contribution in [1.29, 1.82) is 0 Å². The zero-order valence-corrected chi connectivity index (χ0v) is 14.8. The molecule has 2 heterocycles. The van der Waals surface area contributed by atoms with E-state index >= 15 is 0 Å². The Bertz CT molecular complexity index is 691. The Hall–Kier alpha value is -2.95. The molecule has 0 aliphatic carbocycles. The van der Waals surface area contributed by atoms with Crippen LogP contribution in [0.4, 0.5) is 0 Å². The molecule has 1 saturated heterocycles. The van der Waals surface area contributed by atoms with Gasteiger partial charge < -0.3 is 31.8 Å². The molecule has 0 aromatic carbocycles. The first-order valence-electron chi connectivity index (χ1n) is 8.64. The van der Waals surface area contributed by atoms with Crippen LogP contribution < -0.4 is 16.8 Å². The second-order valence-electron chi connectivity index (χ2n) is 6.46. The van der Waals surface area contributed by atoms with Gasteiger partial charge in [0, 0.05) is 25.6 Å². The molecule has 1 aliphatic heterocycles. The number of nitrogens with two attached hydrogens (primary N) is 2. The SMILES string of the molecule is NC(=O)C1CCCN1C(=O)C(Cc1c[nH]cn1)NC(=O)C(N)CCC(=O)O. The number of H-pyrrole nitrogens is 1. The molecule has 0 bridgehead atoms. The lowest BCUT2D eigenvalue weighted by Gasteiger charge is -2.28. The summed E-state index contributed by atoms with van der Waals surface area (Å²) < 4.78 is 0. The highest BCUT2D eigenvalue weighted by Gasteiger charge is 2.37.